The number of hydrogen-bond donors (Lipinski definition) is 1. The summed E-state index contributed by atoms with van der Waals surface area (Å²) in [6, 6.07) is 9.74. The second kappa shape index (κ2) is 4.05. The van der Waals surface area contributed by atoms with Crippen LogP contribution in [0, 0.1) is 5.92 Å². The SMILES string of the molecule is CC1NC(C2CC2)CC1c1ccc(Cl)cc1. The van der Waals surface area contributed by atoms with Crippen molar-refractivity contribution in [2.75, 3.05) is 0 Å². The van der Waals surface area contributed by atoms with Crippen LogP contribution in [0.3, 0.4) is 0 Å². The zero-order valence-electron chi connectivity index (χ0n) is 9.62. The van der Waals surface area contributed by atoms with E-state index in [1.165, 1.54) is 24.8 Å². The van der Waals surface area contributed by atoms with Gasteiger partial charge in [0.15, 0.2) is 0 Å². The van der Waals surface area contributed by atoms with Crippen LogP contribution in [0.4, 0.5) is 0 Å². The zero-order chi connectivity index (χ0) is 11.1. The predicted octanol–water partition coefficient (Wildman–Crippen LogP) is 3.58. The summed E-state index contributed by atoms with van der Waals surface area (Å²) >= 11 is 5.93. The molecule has 1 aromatic rings. The molecule has 1 saturated carbocycles. The number of rotatable bonds is 2. The van der Waals surface area contributed by atoms with Gasteiger partial charge < -0.3 is 5.32 Å². The smallest absolute Gasteiger partial charge is 0.0406 e. The first-order chi connectivity index (χ1) is 7.74. The molecule has 1 N–H and O–H groups in total. The average molecular weight is 236 g/mol. The van der Waals surface area contributed by atoms with Crippen LogP contribution < -0.4 is 5.32 Å². The molecule has 2 fully saturated rings. The highest BCUT2D eigenvalue weighted by molar-refractivity contribution is 6.30. The van der Waals surface area contributed by atoms with Crippen molar-refractivity contribution in [3.05, 3.63) is 34.9 Å². The van der Waals surface area contributed by atoms with Gasteiger partial charge in [-0.2, -0.15) is 0 Å². The van der Waals surface area contributed by atoms with Gasteiger partial charge in [-0.15, -0.1) is 0 Å². The standard InChI is InChI=1S/C14H18ClN/c1-9-13(8-14(16-9)11-2-3-11)10-4-6-12(15)7-5-10/h4-7,9,11,13-14,16H,2-3,8H2,1H3. The van der Waals surface area contributed by atoms with Crippen LogP contribution in [0.25, 0.3) is 0 Å². The van der Waals surface area contributed by atoms with Crippen LogP contribution in [0.2, 0.25) is 5.02 Å². The Labute approximate surface area is 102 Å². The number of halogens is 1. The molecule has 86 valence electrons. The van der Waals surface area contributed by atoms with Gasteiger partial charge >= 0.3 is 0 Å². The highest BCUT2D eigenvalue weighted by Gasteiger charge is 2.40. The lowest BCUT2D eigenvalue weighted by atomic mass is 9.91. The van der Waals surface area contributed by atoms with Gasteiger partial charge in [0.2, 0.25) is 0 Å². The fourth-order valence-electron chi connectivity index (χ4n) is 2.96. The summed E-state index contributed by atoms with van der Waals surface area (Å²) in [7, 11) is 0. The average Bonchev–Trinajstić information content (AvgIpc) is 3.04. The van der Waals surface area contributed by atoms with Gasteiger partial charge in [-0.1, -0.05) is 23.7 Å². The quantitative estimate of drug-likeness (QED) is 0.826. The normalized spacial score (nSPS) is 34.2. The Balaban J connectivity index is 1.76. The molecule has 1 aliphatic carbocycles. The topological polar surface area (TPSA) is 12.0 Å². The van der Waals surface area contributed by atoms with Gasteiger partial charge in [-0.05, 0) is 49.8 Å². The maximum absolute atomic E-state index is 5.93. The second-order valence-electron chi connectivity index (χ2n) is 5.29. The van der Waals surface area contributed by atoms with E-state index in [0.29, 0.717) is 12.0 Å². The van der Waals surface area contributed by atoms with E-state index in [1.807, 2.05) is 12.1 Å². The van der Waals surface area contributed by atoms with E-state index in [-0.39, 0.29) is 0 Å². The molecule has 1 nitrogen and oxygen atoms in total. The minimum atomic E-state index is 0.603. The fourth-order valence-corrected chi connectivity index (χ4v) is 3.09. The van der Waals surface area contributed by atoms with Crippen molar-refractivity contribution in [2.24, 2.45) is 5.92 Å². The van der Waals surface area contributed by atoms with Crippen LogP contribution in [0.5, 0.6) is 0 Å². The van der Waals surface area contributed by atoms with Crippen molar-refractivity contribution in [3.8, 4) is 0 Å². The van der Waals surface area contributed by atoms with Gasteiger partial charge in [-0.25, -0.2) is 0 Å². The van der Waals surface area contributed by atoms with Crippen LogP contribution in [0.15, 0.2) is 24.3 Å². The molecule has 1 saturated heterocycles. The third-order valence-electron chi connectivity index (χ3n) is 4.08. The van der Waals surface area contributed by atoms with Gasteiger partial charge in [0.05, 0.1) is 0 Å². The minimum absolute atomic E-state index is 0.603. The van der Waals surface area contributed by atoms with Gasteiger partial charge in [0.25, 0.3) is 0 Å². The van der Waals surface area contributed by atoms with Gasteiger partial charge in [-0.3, -0.25) is 0 Å². The van der Waals surface area contributed by atoms with Crippen molar-refractivity contribution in [1.82, 2.24) is 5.32 Å². The summed E-state index contributed by atoms with van der Waals surface area (Å²) in [4.78, 5) is 0. The van der Waals surface area contributed by atoms with E-state index in [9.17, 15) is 0 Å². The van der Waals surface area contributed by atoms with Crippen molar-refractivity contribution in [2.45, 2.75) is 44.2 Å². The molecular formula is C14H18ClN. The van der Waals surface area contributed by atoms with Crippen LogP contribution in [0.1, 0.15) is 37.7 Å². The molecule has 3 rings (SSSR count). The van der Waals surface area contributed by atoms with Gasteiger partial charge in [0.1, 0.15) is 0 Å². The maximum Gasteiger partial charge on any atom is 0.0406 e. The summed E-state index contributed by atoms with van der Waals surface area (Å²) in [5, 5.41) is 4.58. The van der Waals surface area contributed by atoms with E-state index in [2.05, 4.69) is 24.4 Å². The third-order valence-corrected chi connectivity index (χ3v) is 4.33. The molecular weight excluding hydrogens is 218 g/mol. The Morgan fingerprint density at radius 2 is 1.88 bits per heavy atom. The Bertz CT molecular complexity index is 369. The monoisotopic (exact) mass is 235 g/mol. The summed E-state index contributed by atoms with van der Waals surface area (Å²) in [6.45, 7) is 2.31. The number of hydrogen-bond acceptors (Lipinski definition) is 1. The van der Waals surface area contributed by atoms with Crippen LogP contribution >= 0.6 is 11.6 Å². The lowest BCUT2D eigenvalue weighted by molar-refractivity contribution is 0.509. The first kappa shape index (κ1) is 10.6. The summed E-state index contributed by atoms with van der Waals surface area (Å²) in [5.41, 5.74) is 1.44. The van der Waals surface area contributed by atoms with E-state index in [0.717, 1.165) is 17.0 Å². The summed E-state index contributed by atoms with van der Waals surface area (Å²) < 4.78 is 0. The minimum Gasteiger partial charge on any atom is -0.311 e. The van der Waals surface area contributed by atoms with Crippen LogP contribution in [-0.2, 0) is 0 Å². The lowest BCUT2D eigenvalue weighted by Gasteiger charge is -2.14. The Morgan fingerprint density at radius 1 is 1.19 bits per heavy atom. The molecule has 0 radical (unpaired) electrons. The Morgan fingerprint density at radius 3 is 2.50 bits per heavy atom. The molecule has 3 atom stereocenters. The predicted molar refractivity (Wildman–Crippen MR) is 67.9 cm³/mol. The lowest BCUT2D eigenvalue weighted by Crippen LogP contribution is -2.29. The Kier molecular flexibility index (Phi) is 2.68. The molecule has 0 bridgehead atoms. The van der Waals surface area contributed by atoms with Crippen molar-refractivity contribution in [1.29, 1.82) is 0 Å². The third kappa shape index (κ3) is 1.99. The highest BCUT2D eigenvalue weighted by atomic mass is 35.5. The largest absolute Gasteiger partial charge is 0.311 e. The molecule has 1 heterocycles. The number of nitrogens with one attached hydrogen (secondary N) is 1. The summed E-state index contributed by atoms with van der Waals surface area (Å²) in [6.07, 6.45) is 4.16. The molecule has 0 spiro atoms. The van der Waals surface area contributed by atoms with Crippen molar-refractivity contribution < 1.29 is 0 Å². The molecule has 2 aliphatic rings. The zero-order valence-corrected chi connectivity index (χ0v) is 10.4. The summed E-state index contributed by atoms with van der Waals surface area (Å²) in [5.74, 6) is 1.63. The molecule has 1 aliphatic heterocycles. The van der Waals surface area contributed by atoms with Gasteiger partial charge in [0, 0.05) is 23.0 Å². The first-order valence-electron chi connectivity index (χ1n) is 6.25. The fraction of sp³-hybridized carbons (Fsp3) is 0.571. The van der Waals surface area contributed by atoms with E-state index >= 15 is 0 Å². The molecule has 0 amide bonds. The second-order valence-corrected chi connectivity index (χ2v) is 5.73. The highest BCUT2D eigenvalue weighted by Crippen LogP contribution is 2.42. The van der Waals surface area contributed by atoms with E-state index in [4.69, 9.17) is 11.6 Å². The van der Waals surface area contributed by atoms with Crippen LogP contribution in [-0.4, -0.2) is 12.1 Å². The molecule has 1 aromatic carbocycles. The molecule has 2 heteroatoms. The molecule has 3 unspecified atom stereocenters. The maximum atomic E-state index is 5.93. The number of benzene rings is 1. The molecule has 0 aromatic heterocycles. The first-order valence-corrected chi connectivity index (χ1v) is 6.63. The van der Waals surface area contributed by atoms with E-state index < -0.39 is 0 Å². The van der Waals surface area contributed by atoms with Crippen molar-refractivity contribution >= 4 is 11.6 Å². The Hall–Kier alpha value is -0.530. The molecule has 16 heavy (non-hydrogen) atoms. The van der Waals surface area contributed by atoms with E-state index in [1.54, 1.807) is 0 Å². The van der Waals surface area contributed by atoms with Crippen molar-refractivity contribution in [3.63, 3.8) is 0 Å².